The summed E-state index contributed by atoms with van der Waals surface area (Å²) in [7, 11) is 1.69. The Bertz CT molecular complexity index is 422. The highest BCUT2D eigenvalue weighted by Gasteiger charge is 2.43. The number of hydrogen-bond acceptors (Lipinski definition) is 4. The van der Waals surface area contributed by atoms with Crippen molar-refractivity contribution in [2.75, 3.05) is 13.6 Å². The van der Waals surface area contributed by atoms with Crippen LogP contribution in [0, 0.1) is 10.8 Å². The monoisotopic (exact) mass is 312 g/mol. The molecule has 5 heteroatoms. The molecule has 5 nitrogen and oxygen atoms in total. The van der Waals surface area contributed by atoms with Gasteiger partial charge in [-0.15, -0.1) is 0 Å². The summed E-state index contributed by atoms with van der Waals surface area (Å²) in [6, 6.07) is -0.580. The van der Waals surface area contributed by atoms with Gasteiger partial charge < -0.3 is 10.6 Å². The van der Waals surface area contributed by atoms with Gasteiger partial charge in [-0.3, -0.25) is 14.4 Å². The van der Waals surface area contributed by atoms with Gasteiger partial charge in [0.1, 0.15) is 5.78 Å². The number of rotatable bonds is 10. The normalized spacial score (nSPS) is 18.0. The molecule has 3 unspecified atom stereocenters. The zero-order valence-corrected chi connectivity index (χ0v) is 15.1. The molecule has 0 aliphatic carbocycles. The highest BCUT2D eigenvalue weighted by molar-refractivity contribution is 5.89. The predicted octanol–water partition coefficient (Wildman–Crippen LogP) is 2.09. The van der Waals surface area contributed by atoms with E-state index in [-0.39, 0.29) is 24.0 Å². The molecule has 0 aromatic carbocycles. The van der Waals surface area contributed by atoms with E-state index >= 15 is 0 Å². The molecule has 2 N–H and O–H groups in total. The van der Waals surface area contributed by atoms with Gasteiger partial charge in [-0.2, -0.15) is 0 Å². The number of carbonyl (C=O) groups excluding carboxylic acids is 3. The Labute approximate surface area is 134 Å². The van der Waals surface area contributed by atoms with Gasteiger partial charge in [-0.05, 0) is 45.6 Å². The molecule has 0 radical (unpaired) electrons. The Hall–Kier alpha value is -1.23. The molecule has 0 rings (SSSR count). The van der Waals surface area contributed by atoms with Gasteiger partial charge in [0.15, 0.2) is 5.78 Å². The number of hydrogen-bond donors (Lipinski definition) is 2. The van der Waals surface area contributed by atoms with Crippen LogP contribution < -0.4 is 10.6 Å². The van der Waals surface area contributed by atoms with Crippen molar-refractivity contribution in [1.29, 1.82) is 0 Å². The first kappa shape index (κ1) is 20.8. The molecule has 0 saturated heterocycles. The summed E-state index contributed by atoms with van der Waals surface area (Å²) in [4.78, 5) is 36.0. The van der Waals surface area contributed by atoms with Crippen LogP contribution in [-0.2, 0) is 14.4 Å². The molecular weight excluding hydrogens is 280 g/mol. The van der Waals surface area contributed by atoms with Crippen molar-refractivity contribution < 1.29 is 14.4 Å². The second-order valence-corrected chi connectivity index (χ2v) is 6.80. The highest BCUT2D eigenvalue weighted by atomic mass is 16.2. The van der Waals surface area contributed by atoms with E-state index in [9.17, 15) is 14.4 Å². The van der Waals surface area contributed by atoms with E-state index in [4.69, 9.17) is 0 Å². The van der Waals surface area contributed by atoms with E-state index in [2.05, 4.69) is 10.6 Å². The van der Waals surface area contributed by atoms with E-state index in [1.54, 1.807) is 14.0 Å². The summed E-state index contributed by atoms with van der Waals surface area (Å²) in [6.07, 6.45) is 2.00. The molecule has 0 bridgehead atoms. The van der Waals surface area contributed by atoms with E-state index in [1.165, 1.54) is 6.92 Å². The van der Waals surface area contributed by atoms with Crippen molar-refractivity contribution in [1.82, 2.24) is 10.6 Å². The Balaban J connectivity index is 5.47. The minimum atomic E-state index is -0.580. The molecule has 0 saturated carbocycles. The summed E-state index contributed by atoms with van der Waals surface area (Å²) in [5, 5.41) is 5.61. The summed E-state index contributed by atoms with van der Waals surface area (Å²) in [5.41, 5.74) is -0.933. The summed E-state index contributed by atoms with van der Waals surface area (Å²) < 4.78 is 0. The van der Waals surface area contributed by atoms with Crippen LogP contribution in [0.25, 0.3) is 0 Å². The number of ketones is 2. The lowest BCUT2D eigenvalue weighted by Crippen LogP contribution is -2.54. The zero-order chi connectivity index (χ0) is 17.6. The number of nitrogens with one attached hydrogen (secondary N) is 2. The van der Waals surface area contributed by atoms with Crippen LogP contribution in [0.2, 0.25) is 0 Å². The van der Waals surface area contributed by atoms with E-state index in [0.29, 0.717) is 19.3 Å². The lowest BCUT2D eigenvalue weighted by Gasteiger charge is -2.42. The van der Waals surface area contributed by atoms with E-state index in [0.717, 1.165) is 0 Å². The van der Waals surface area contributed by atoms with Crippen molar-refractivity contribution >= 4 is 17.5 Å². The first-order valence-electron chi connectivity index (χ1n) is 8.01. The quantitative estimate of drug-likeness (QED) is 0.648. The summed E-state index contributed by atoms with van der Waals surface area (Å²) >= 11 is 0. The van der Waals surface area contributed by atoms with Gasteiger partial charge in [0.05, 0.1) is 12.6 Å². The molecule has 128 valence electrons. The first-order chi connectivity index (χ1) is 10.1. The number of carbonyl (C=O) groups is 3. The third-order valence-corrected chi connectivity index (χ3v) is 4.98. The fourth-order valence-corrected chi connectivity index (χ4v) is 2.96. The summed E-state index contributed by atoms with van der Waals surface area (Å²) in [5.74, 6) is -0.155. The second-order valence-electron chi connectivity index (χ2n) is 6.80. The third-order valence-electron chi connectivity index (χ3n) is 4.98. The maximum absolute atomic E-state index is 12.1. The second kappa shape index (κ2) is 8.42. The Morgan fingerprint density at radius 1 is 1.05 bits per heavy atom. The van der Waals surface area contributed by atoms with E-state index in [1.807, 2.05) is 27.7 Å². The molecule has 22 heavy (non-hydrogen) atoms. The van der Waals surface area contributed by atoms with Gasteiger partial charge in [0.25, 0.3) is 0 Å². The van der Waals surface area contributed by atoms with Gasteiger partial charge in [0.2, 0.25) is 5.91 Å². The van der Waals surface area contributed by atoms with Crippen LogP contribution in [0.15, 0.2) is 0 Å². The Morgan fingerprint density at radius 2 is 1.59 bits per heavy atom. The molecule has 0 heterocycles. The van der Waals surface area contributed by atoms with Gasteiger partial charge in [0, 0.05) is 5.41 Å². The number of Topliss-reactive ketones (excluding diaryl/α,β-unsaturated/α-hetero) is 2. The van der Waals surface area contributed by atoms with Crippen molar-refractivity contribution in [3.63, 3.8) is 0 Å². The topological polar surface area (TPSA) is 75.3 Å². The lowest BCUT2D eigenvalue weighted by atomic mass is 9.64. The maximum Gasteiger partial charge on any atom is 0.234 e. The molecule has 1 amide bonds. The van der Waals surface area contributed by atoms with Crippen LogP contribution in [0.3, 0.4) is 0 Å². The molecule has 3 atom stereocenters. The number of amides is 1. The SMILES string of the molecule is CCC(C)(CC(C)(CC)C(NC(=O)CNC)C(C)=O)C(C)=O. The molecule has 0 aromatic rings. The highest BCUT2D eigenvalue weighted by Crippen LogP contribution is 2.42. The Morgan fingerprint density at radius 3 is 1.91 bits per heavy atom. The molecular formula is C17H32N2O3. The predicted molar refractivity (Wildman–Crippen MR) is 88.6 cm³/mol. The van der Waals surface area contributed by atoms with Crippen LogP contribution in [0.5, 0.6) is 0 Å². The average molecular weight is 312 g/mol. The number of likely N-dealkylation sites (N-methyl/N-ethyl adjacent to an activating group) is 1. The van der Waals surface area contributed by atoms with Gasteiger partial charge in [-0.1, -0.05) is 27.7 Å². The third kappa shape index (κ3) is 5.20. The molecule has 0 aliphatic heterocycles. The zero-order valence-electron chi connectivity index (χ0n) is 15.1. The fraction of sp³-hybridized carbons (Fsp3) is 0.824. The van der Waals surface area contributed by atoms with Crippen LogP contribution in [0.1, 0.15) is 60.8 Å². The van der Waals surface area contributed by atoms with Crippen LogP contribution >= 0.6 is 0 Å². The van der Waals surface area contributed by atoms with Crippen molar-refractivity contribution in [3.05, 3.63) is 0 Å². The molecule has 0 aliphatic rings. The molecule has 0 aromatic heterocycles. The standard InChI is InChI=1S/C17H32N2O3/c1-8-16(5,13(4)21)11-17(6,9-2)15(12(3)20)19-14(22)10-18-7/h15,18H,8-11H2,1-7H3,(H,19,22). The molecule has 0 spiro atoms. The maximum atomic E-state index is 12.1. The average Bonchev–Trinajstić information content (AvgIpc) is 2.44. The van der Waals surface area contributed by atoms with Gasteiger partial charge in [-0.25, -0.2) is 0 Å². The van der Waals surface area contributed by atoms with E-state index < -0.39 is 16.9 Å². The first-order valence-corrected chi connectivity index (χ1v) is 8.01. The van der Waals surface area contributed by atoms with Crippen molar-refractivity contribution in [2.45, 2.75) is 66.8 Å². The minimum Gasteiger partial charge on any atom is -0.345 e. The Kier molecular flexibility index (Phi) is 7.94. The minimum absolute atomic E-state index is 0.0733. The fourth-order valence-electron chi connectivity index (χ4n) is 2.96. The van der Waals surface area contributed by atoms with Crippen molar-refractivity contribution in [2.24, 2.45) is 10.8 Å². The molecule has 0 fully saturated rings. The lowest BCUT2D eigenvalue weighted by molar-refractivity contribution is -0.133. The van der Waals surface area contributed by atoms with Gasteiger partial charge >= 0.3 is 0 Å². The van der Waals surface area contributed by atoms with Crippen LogP contribution in [-0.4, -0.2) is 37.1 Å². The largest absolute Gasteiger partial charge is 0.345 e. The van der Waals surface area contributed by atoms with Crippen LogP contribution in [0.4, 0.5) is 0 Å². The van der Waals surface area contributed by atoms with Crippen molar-refractivity contribution in [3.8, 4) is 0 Å². The smallest absolute Gasteiger partial charge is 0.234 e. The summed E-state index contributed by atoms with van der Waals surface area (Å²) in [6.45, 7) is 11.2.